The molecular weight excluding hydrogens is 202 g/mol. The summed E-state index contributed by atoms with van der Waals surface area (Å²) in [6.45, 7) is 2.94. The van der Waals surface area contributed by atoms with Gasteiger partial charge in [-0.1, -0.05) is 0 Å². The Morgan fingerprint density at radius 2 is 2.06 bits per heavy atom. The van der Waals surface area contributed by atoms with E-state index in [1.807, 2.05) is 19.4 Å². The molecule has 0 aliphatic carbocycles. The predicted molar refractivity (Wildman–Crippen MR) is 66.2 cm³/mol. The molecule has 1 atom stereocenters. The fraction of sp³-hybridized carbons (Fsp3) is 0.727. The number of hydrogen-bond acceptors (Lipinski definition) is 4. The molecule has 1 rings (SSSR count). The monoisotopic (exact) mass is 225 g/mol. The largest absolute Gasteiger partial charge is 0.323 e. The van der Waals surface area contributed by atoms with E-state index in [0.29, 0.717) is 0 Å². The Morgan fingerprint density at radius 3 is 2.56 bits per heavy atom. The van der Waals surface area contributed by atoms with Crippen LogP contribution in [0.3, 0.4) is 0 Å². The van der Waals surface area contributed by atoms with Crippen molar-refractivity contribution in [2.24, 2.45) is 12.8 Å². The van der Waals surface area contributed by atoms with Crippen molar-refractivity contribution in [3.63, 3.8) is 0 Å². The standard InChI is InChI=1S/C11H23N5/c1-14(2)5-6-15(3)9-11(12)10-7-13-16(4)8-10/h7-8,11H,5-6,9,12H2,1-4H3. The third kappa shape index (κ3) is 4.30. The molecule has 1 heterocycles. The molecule has 0 spiro atoms. The number of likely N-dealkylation sites (N-methyl/N-ethyl adjacent to an activating group) is 2. The van der Waals surface area contributed by atoms with Gasteiger partial charge in [-0.05, 0) is 21.1 Å². The van der Waals surface area contributed by atoms with Crippen molar-refractivity contribution in [3.05, 3.63) is 18.0 Å². The minimum absolute atomic E-state index is 0.0425. The van der Waals surface area contributed by atoms with Gasteiger partial charge in [-0.25, -0.2) is 0 Å². The molecule has 2 N–H and O–H groups in total. The maximum absolute atomic E-state index is 6.11. The molecule has 1 unspecified atom stereocenters. The molecule has 16 heavy (non-hydrogen) atoms. The predicted octanol–water partition coefficient (Wildman–Crippen LogP) is -0.0867. The second-order valence-corrected chi connectivity index (χ2v) is 4.62. The van der Waals surface area contributed by atoms with Crippen LogP contribution in [0.5, 0.6) is 0 Å². The number of rotatable bonds is 6. The minimum Gasteiger partial charge on any atom is -0.323 e. The lowest BCUT2D eigenvalue weighted by atomic mass is 10.1. The van der Waals surface area contributed by atoms with Crippen LogP contribution in [0.4, 0.5) is 0 Å². The number of nitrogens with two attached hydrogens (primary N) is 1. The zero-order chi connectivity index (χ0) is 12.1. The Labute approximate surface area is 97.8 Å². The first-order valence-corrected chi connectivity index (χ1v) is 5.56. The highest BCUT2D eigenvalue weighted by Crippen LogP contribution is 2.09. The van der Waals surface area contributed by atoms with Crippen molar-refractivity contribution >= 4 is 0 Å². The highest BCUT2D eigenvalue weighted by Gasteiger charge is 2.10. The number of nitrogens with zero attached hydrogens (tertiary/aromatic N) is 4. The number of hydrogen-bond donors (Lipinski definition) is 1. The zero-order valence-corrected chi connectivity index (χ0v) is 10.7. The van der Waals surface area contributed by atoms with Crippen LogP contribution >= 0.6 is 0 Å². The van der Waals surface area contributed by atoms with Crippen LogP contribution in [0.2, 0.25) is 0 Å². The van der Waals surface area contributed by atoms with Gasteiger partial charge in [0.2, 0.25) is 0 Å². The van der Waals surface area contributed by atoms with E-state index in [4.69, 9.17) is 5.73 Å². The van der Waals surface area contributed by atoms with Crippen molar-refractivity contribution in [1.82, 2.24) is 19.6 Å². The summed E-state index contributed by atoms with van der Waals surface area (Å²) in [6.07, 6.45) is 3.81. The van der Waals surface area contributed by atoms with Crippen LogP contribution in [0.15, 0.2) is 12.4 Å². The third-order valence-electron chi connectivity index (χ3n) is 2.59. The lowest BCUT2D eigenvalue weighted by Crippen LogP contribution is -2.34. The van der Waals surface area contributed by atoms with E-state index in [0.717, 1.165) is 25.2 Å². The molecule has 0 saturated heterocycles. The van der Waals surface area contributed by atoms with Gasteiger partial charge in [0, 0.05) is 44.5 Å². The summed E-state index contributed by atoms with van der Waals surface area (Å²) in [4.78, 5) is 4.42. The number of aromatic nitrogens is 2. The lowest BCUT2D eigenvalue weighted by molar-refractivity contribution is 0.269. The number of aryl methyl sites for hydroxylation is 1. The quantitative estimate of drug-likeness (QED) is 0.735. The lowest BCUT2D eigenvalue weighted by Gasteiger charge is -2.22. The first-order chi connectivity index (χ1) is 7.49. The Morgan fingerprint density at radius 1 is 1.38 bits per heavy atom. The van der Waals surface area contributed by atoms with Crippen LogP contribution < -0.4 is 5.73 Å². The van der Waals surface area contributed by atoms with E-state index in [1.54, 1.807) is 4.68 Å². The topological polar surface area (TPSA) is 50.3 Å². The zero-order valence-electron chi connectivity index (χ0n) is 10.7. The molecule has 0 amide bonds. The third-order valence-corrected chi connectivity index (χ3v) is 2.59. The Bertz CT molecular complexity index is 307. The van der Waals surface area contributed by atoms with Gasteiger partial charge in [0.15, 0.2) is 0 Å². The normalized spacial score (nSPS) is 13.7. The Balaban J connectivity index is 2.36. The van der Waals surface area contributed by atoms with Gasteiger partial charge < -0.3 is 15.5 Å². The van der Waals surface area contributed by atoms with Crippen molar-refractivity contribution in [2.75, 3.05) is 40.8 Å². The van der Waals surface area contributed by atoms with Gasteiger partial charge >= 0.3 is 0 Å². The van der Waals surface area contributed by atoms with E-state index in [2.05, 4.69) is 36.0 Å². The van der Waals surface area contributed by atoms with Gasteiger partial charge in [0.25, 0.3) is 0 Å². The molecule has 0 bridgehead atoms. The van der Waals surface area contributed by atoms with Gasteiger partial charge in [-0.15, -0.1) is 0 Å². The smallest absolute Gasteiger partial charge is 0.0537 e. The second-order valence-electron chi connectivity index (χ2n) is 4.62. The van der Waals surface area contributed by atoms with Gasteiger partial charge in [0.05, 0.1) is 6.20 Å². The molecule has 0 radical (unpaired) electrons. The van der Waals surface area contributed by atoms with E-state index in [9.17, 15) is 0 Å². The van der Waals surface area contributed by atoms with Gasteiger partial charge in [0.1, 0.15) is 0 Å². The summed E-state index contributed by atoms with van der Waals surface area (Å²) in [5.41, 5.74) is 7.20. The molecule has 5 nitrogen and oxygen atoms in total. The Kier molecular flexibility index (Phi) is 4.92. The first kappa shape index (κ1) is 13.2. The fourth-order valence-corrected chi connectivity index (χ4v) is 1.53. The SMILES string of the molecule is CN(C)CCN(C)CC(N)c1cnn(C)c1. The molecule has 1 aromatic rings. The molecule has 92 valence electrons. The van der Waals surface area contributed by atoms with Crippen LogP contribution in [-0.4, -0.2) is 60.4 Å². The molecule has 0 saturated carbocycles. The minimum atomic E-state index is 0.0425. The maximum Gasteiger partial charge on any atom is 0.0537 e. The van der Waals surface area contributed by atoms with E-state index < -0.39 is 0 Å². The van der Waals surface area contributed by atoms with Crippen molar-refractivity contribution in [2.45, 2.75) is 6.04 Å². The van der Waals surface area contributed by atoms with Crippen molar-refractivity contribution < 1.29 is 0 Å². The summed E-state index contributed by atoms with van der Waals surface area (Å²) in [6, 6.07) is 0.0425. The van der Waals surface area contributed by atoms with Crippen LogP contribution in [0, 0.1) is 0 Å². The molecule has 0 aliphatic heterocycles. The fourth-order valence-electron chi connectivity index (χ4n) is 1.53. The van der Waals surface area contributed by atoms with Crippen molar-refractivity contribution in [1.29, 1.82) is 0 Å². The highest BCUT2D eigenvalue weighted by molar-refractivity contribution is 5.09. The van der Waals surface area contributed by atoms with Crippen molar-refractivity contribution in [3.8, 4) is 0 Å². The molecular formula is C11H23N5. The molecule has 0 aromatic carbocycles. The summed E-state index contributed by atoms with van der Waals surface area (Å²) < 4.78 is 1.79. The van der Waals surface area contributed by atoms with Gasteiger partial charge in [-0.3, -0.25) is 4.68 Å². The van der Waals surface area contributed by atoms with Crippen LogP contribution in [-0.2, 0) is 7.05 Å². The van der Waals surface area contributed by atoms with Crippen LogP contribution in [0.25, 0.3) is 0 Å². The summed E-state index contributed by atoms with van der Waals surface area (Å²) in [5, 5.41) is 4.13. The maximum atomic E-state index is 6.11. The highest BCUT2D eigenvalue weighted by atomic mass is 15.2. The molecule has 5 heteroatoms. The average Bonchev–Trinajstić information content (AvgIpc) is 2.62. The van der Waals surface area contributed by atoms with E-state index in [-0.39, 0.29) is 6.04 Å². The summed E-state index contributed by atoms with van der Waals surface area (Å²) in [5.74, 6) is 0. The summed E-state index contributed by atoms with van der Waals surface area (Å²) in [7, 11) is 8.16. The van der Waals surface area contributed by atoms with E-state index in [1.165, 1.54) is 0 Å². The van der Waals surface area contributed by atoms with Crippen LogP contribution in [0.1, 0.15) is 11.6 Å². The van der Waals surface area contributed by atoms with Gasteiger partial charge in [-0.2, -0.15) is 5.10 Å². The molecule has 1 aromatic heterocycles. The first-order valence-electron chi connectivity index (χ1n) is 5.56. The Hall–Kier alpha value is -0.910. The summed E-state index contributed by atoms with van der Waals surface area (Å²) >= 11 is 0. The van der Waals surface area contributed by atoms with E-state index >= 15 is 0 Å². The molecule has 0 fully saturated rings. The second kappa shape index (κ2) is 5.98. The molecule has 0 aliphatic rings. The average molecular weight is 225 g/mol.